The molecule has 0 bridgehead atoms. The normalized spacial score (nSPS) is 24.2. The fourth-order valence-corrected chi connectivity index (χ4v) is 3.75. The maximum Gasteiger partial charge on any atom is 0.228 e. The second kappa shape index (κ2) is 7.15. The highest BCUT2D eigenvalue weighted by Crippen LogP contribution is 2.30. The minimum Gasteiger partial charge on any atom is -0.481 e. The third-order valence-corrected chi connectivity index (χ3v) is 5.58. The molecular formula is C18H29N5O2. The molecule has 0 aliphatic carbocycles. The first-order valence-corrected chi connectivity index (χ1v) is 9.07. The van der Waals surface area contributed by atoms with Gasteiger partial charge >= 0.3 is 0 Å². The number of hydrogen-bond donors (Lipinski definition) is 1. The summed E-state index contributed by atoms with van der Waals surface area (Å²) in [5.74, 6) is 1.61. The number of nitrogens with two attached hydrogens (primary N) is 1. The number of methoxy groups -OCH3 is 1. The Labute approximate surface area is 149 Å². The van der Waals surface area contributed by atoms with Crippen molar-refractivity contribution >= 4 is 11.9 Å². The number of carbonyl (C=O) groups excluding carboxylic acids is 1. The van der Waals surface area contributed by atoms with Gasteiger partial charge in [0, 0.05) is 50.4 Å². The van der Waals surface area contributed by atoms with Gasteiger partial charge in [0.2, 0.25) is 17.7 Å². The van der Waals surface area contributed by atoms with E-state index in [1.165, 1.54) is 0 Å². The Bertz CT molecular complexity index is 613. The van der Waals surface area contributed by atoms with Gasteiger partial charge in [-0.15, -0.1) is 0 Å². The smallest absolute Gasteiger partial charge is 0.228 e. The summed E-state index contributed by atoms with van der Waals surface area (Å²) >= 11 is 0. The quantitative estimate of drug-likeness (QED) is 0.887. The molecule has 138 valence electrons. The fraction of sp³-hybridized carbons (Fsp3) is 0.722. The second-order valence-electron chi connectivity index (χ2n) is 7.80. The van der Waals surface area contributed by atoms with Gasteiger partial charge in [-0.05, 0) is 24.7 Å². The van der Waals surface area contributed by atoms with Gasteiger partial charge in [0.25, 0.3) is 0 Å². The predicted octanol–water partition coefficient (Wildman–Crippen LogP) is 1.29. The highest BCUT2D eigenvalue weighted by Gasteiger charge is 2.38. The Morgan fingerprint density at radius 1 is 1.28 bits per heavy atom. The first-order valence-electron chi connectivity index (χ1n) is 9.07. The lowest BCUT2D eigenvalue weighted by Crippen LogP contribution is -2.55. The molecule has 2 N–H and O–H groups in total. The maximum absolute atomic E-state index is 12.9. The number of nitrogens with zero attached hydrogens (tertiary/aromatic N) is 4. The van der Waals surface area contributed by atoms with Crippen molar-refractivity contribution in [2.75, 3.05) is 38.2 Å². The molecule has 2 aliphatic rings. The van der Waals surface area contributed by atoms with Gasteiger partial charge in [0.05, 0.1) is 7.11 Å². The van der Waals surface area contributed by atoms with E-state index >= 15 is 0 Å². The van der Waals surface area contributed by atoms with Crippen LogP contribution in [-0.4, -0.2) is 60.1 Å². The molecule has 2 aliphatic heterocycles. The molecule has 2 fully saturated rings. The van der Waals surface area contributed by atoms with E-state index in [1.54, 1.807) is 19.4 Å². The van der Waals surface area contributed by atoms with E-state index in [9.17, 15) is 4.79 Å². The summed E-state index contributed by atoms with van der Waals surface area (Å²) in [5.41, 5.74) is 6.18. The summed E-state index contributed by atoms with van der Waals surface area (Å²) in [6, 6.07) is 1.91. The van der Waals surface area contributed by atoms with Crippen LogP contribution in [0.5, 0.6) is 5.88 Å². The van der Waals surface area contributed by atoms with Crippen LogP contribution in [0.1, 0.15) is 33.1 Å². The van der Waals surface area contributed by atoms with Crippen LogP contribution in [0.2, 0.25) is 0 Å². The van der Waals surface area contributed by atoms with E-state index in [2.05, 4.69) is 28.7 Å². The van der Waals surface area contributed by atoms with E-state index in [0.717, 1.165) is 45.4 Å². The van der Waals surface area contributed by atoms with E-state index in [0.29, 0.717) is 11.8 Å². The van der Waals surface area contributed by atoms with Gasteiger partial charge in [-0.1, -0.05) is 13.8 Å². The number of likely N-dealkylation sites (tertiary alicyclic amines) is 1. The molecule has 1 atom stereocenters. The van der Waals surface area contributed by atoms with Crippen LogP contribution in [-0.2, 0) is 4.79 Å². The molecular weight excluding hydrogens is 318 g/mol. The van der Waals surface area contributed by atoms with Crippen molar-refractivity contribution < 1.29 is 9.53 Å². The van der Waals surface area contributed by atoms with Crippen LogP contribution in [0, 0.1) is 11.3 Å². The molecule has 1 aromatic rings. The third kappa shape index (κ3) is 3.86. The third-order valence-electron chi connectivity index (χ3n) is 5.58. The molecule has 7 nitrogen and oxygen atoms in total. The summed E-state index contributed by atoms with van der Waals surface area (Å²) in [5, 5.41) is 0. The zero-order valence-electron chi connectivity index (χ0n) is 15.4. The van der Waals surface area contributed by atoms with Crippen molar-refractivity contribution in [2.45, 2.75) is 39.2 Å². The highest BCUT2D eigenvalue weighted by molar-refractivity contribution is 5.79. The zero-order chi connectivity index (χ0) is 18.0. The van der Waals surface area contributed by atoms with E-state index in [4.69, 9.17) is 10.5 Å². The Balaban J connectivity index is 1.57. The van der Waals surface area contributed by atoms with Crippen molar-refractivity contribution in [2.24, 2.45) is 17.1 Å². The van der Waals surface area contributed by atoms with Crippen molar-refractivity contribution in [3.8, 4) is 5.88 Å². The highest BCUT2D eigenvalue weighted by atomic mass is 16.5. The largest absolute Gasteiger partial charge is 0.481 e. The molecule has 7 heteroatoms. The van der Waals surface area contributed by atoms with Crippen molar-refractivity contribution in [1.29, 1.82) is 0 Å². The van der Waals surface area contributed by atoms with Gasteiger partial charge < -0.3 is 20.3 Å². The van der Waals surface area contributed by atoms with Crippen LogP contribution < -0.4 is 15.4 Å². The number of anilines is 1. The van der Waals surface area contributed by atoms with Gasteiger partial charge in [-0.25, -0.2) is 4.98 Å². The maximum atomic E-state index is 12.9. The van der Waals surface area contributed by atoms with E-state index in [-0.39, 0.29) is 23.3 Å². The lowest BCUT2D eigenvalue weighted by molar-refractivity contribution is -0.139. The second-order valence-corrected chi connectivity index (χ2v) is 7.80. The molecule has 0 aromatic carbocycles. The van der Waals surface area contributed by atoms with Crippen LogP contribution in [0.25, 0.3) is 0 Å². The average Bonchev–Trinajstić information content (AvgIpc) is 2.63. The molecule has 2 saturated heterocycles. The van der Waals surface area contributed by atoms with E-state index in [1.807, 2.05) is 4.90 Å². The summed E-state index contributed by atoms with van der Waals surface area (Å²) < 4.78 is 5.16. The summed E-state index contributed by atoms with van der Waals surface area (Å²) in [7, 11) is 1.60. The fourth-order valence-electron chi connectivity index (χ4n) is 3.75. The van der Waals surface area contributed by atoms with Crippen LogP contribution >= 0.6 is 0 Å². The van der Waals surface area contributed by atoms with Gasteiger partial charge in [0.1, 0.15) is 0 Å². The predicted molar refractivity (Wildman–Crippen MR) is 96.5 cm³/mol. The zero-order valence-corrected chi connectivity index (χ0v) is 15.4. The first kappa shape index (κ1) is 17.9. The average molecular weight is 347 g/mol. The van der Waals surface area contributed by atoms with Crippen molar-refractivity contribution in [3.63, 3.8) is 0 Å². The SMILES string of the molecule is COc1ccnc(N2CCC(C(=O)N3CCC(N)C(C)(C)C3)CC2)n1. The molecule has 1 aromatic heterocycles. The Morgan fingerprint density at radius 3 is 2.64 bits per heavy atom. The lowest BCUT2D eigenvalue weighted by atomic mass is 9.79. The lowest BCUT2D eigenvalue weighted by Gasteiger charge is -2.44. The van der Waals surface area contributed by atoms with Crippen LogP contribution in [0.3, 0.4) is 0 Å². The number of piperidine rings is 2. The summed E-state index contributed by atoms with van der Waals surface area (Å²) in [6.07, 6.45) is 4.26. The van der Waals surface area contributed by atoms with Gasteiger partial charge in [-0.2, -0.15) is 4.98 Å². The Kier molecular flexibility index (Phi) is 5.13. The van der Waals surface area contributed by atoms with Crippen LogP contribution in [0.15, 0.2) is 12.3 Å². The Morgan fingerprint density at radius 2 is 2.00 bits per heavy atom. The molecule has 1 amide bonds. The molecule has 0 saturated carbocycles. The number of aromatic nitrogens is 2. The molecule has 3 heterocycles. The number of rotatable bonds is 3. The topological polar surface area (TPSA) is 84.6 Å². The standard InChI is InChI=1S/C18H29N5O2/c1-18(2)12-23(11-7-14(18)19)16(24)13-5-9-22(10-6-13)17-20-8-4-15(21-17)25-3/h4,8,13-14H,5-7,9-12,19H2,1-3H3. The van der Waals surface area contributed by atoms with Crippen molar-refractivity contribution in [1.82, 2.24) is 14.9 Å². The number of carbonyl (C=O) groups is 1. The number of ether oxygens (including phenoxy) is 1. The van der Waals surface area contributed by atoms with Gasteiger partial charge in [-0.3, -0.25) is 4.79 Å². The number of hydrogen-bond acceptors (Lipinski definition) is 6. The van der Waals surface area contributed by atoms with Gasteiger partial charge in [0.15, 0.2) is 0 Å². The molecule has 0 spiro atoms. The van der Waals surface area contributed by atoms with Crippen LogP contribution in [0.4, 0.5) is 5.95 Å². The first-order chi connectivity index (χ1) is 11.9. The molecule has 25 heavy (non-hydrogen) atoms. The molecule has 3 rings (SSSR count). The monoisotopic (exact) mass is 347 g/mol. The Hall–Kier alpha value is -1.89. The van der Waals surface area contributed by atoms with Crippen molar-refractivity contribution in [3.05, 3.63) is 12.3 Å². The molecule has 0 radical (unpaired) electrons. The molecule has 1 unspecified atom stereocenters. The van der Waals surface area contributed by atoms with E-state index < -0.39 is 0 Å². The minimum absolute atomic E-state index is 0.0109. The summed E-state index contributed by atoms with van der Waals surface area (Å²) in [6.45, 7) is 7.43. The number of amides is 1. The minimum atomic E-state index is -0.0109. The summed E-state index contributed by atoms with van der Waals surface area (Å²) in [4.78, 5) is 25.8.